The Balaban J connectivity index is 2.67. The minimum Gasteiger partial charge on any atom is -0.395 e. The lowest BCUT2D eigenvalue weighted by Crippen LogP contribution is -2.41. The minimum absolute atomic E-state index is 0.00189. The molecule has 5 nitrogen and oxygen atoms in total. The van der Waals surface area contributed by atoms with E-state index in [1.54, 1.807) is 18.3 Å². The molecule has 0 saturated heterocycles. The van der Waals surface area contributed by atoms with Crippen molar-refractivity contribution in [3.63, 3.8) is 0 Å². The fourth-order valence-corrected chi connectivity index (χ4v) is 2.23. The van der Waals surface area contributed by atoms with Crippen molar-refractivity contribution in [2.45, 2.75) is 18.2 Å². The van der Waals surface area contributed by atoms with E-state index in [1.807, 2.05) is 32.2 Å². The van der Waals surface area contributed by atoms with Gasteiger partial charge in [0.1, 0.15) is 5.82 Å². The predicted molar refractivity (Wildman–Crippen MR) is 79.9 cm³/mol. The van der Waals surface area contributed by atoms with E-state index in [2.05, 4.69) is 10.3 Å². The number of aliphatic hydroxyl groups excluding tert-OH is 1. The molecule has 2 N–H and O–H groups in total. The van der Waals surface area contributed by atoms with E-state index >= 15 is 0 Å². The third-order valence-corrected chi connectivity index (χ3v) is 4.03. The third kappa shape index (κ3) is 4.40. The molecule has 0 bridgehead atoms. The molecule has 0 radical (unpaired) electrons. The number of carbonyl (C=O) groups excluding carboxylic acids is 1. The van der Waals surface area contributed by atoms with Crippen LogP contribution in [0.25, 0.3) is 0 Å². The third-order valence-electron chi connectivity index (χ3n) is 2.87. The van der Waals surface area contributed by atoms with Crippen molar-refractivity contribution in [2.75, 3.05) is 31.9 Å². The van der Waals surface area contributed by atoms with Crippen LogP contribution >= 0.6 is 11.8 Å². The van der Waals surface area contributed by atoms with Gasteiger partial charge in [-0.3, -0.25) is 4.79 Å². The second-order valence-corrected chi connectivity index (χ2v) is 5.60. The van der Waals surface area contributed by atoms with E-state index in [1.165, 1.54) is 11.8 Å². The summed E-state index contributed by atoms with van der Waals surface area (Å²) in [6.45, 7) is 1.93. The maximum atomic E-state index is 12.0. The average Bonchev–Trinajstić information content (AvgIpc) is 2.40. The summed E-state index contributed by atoms with van der Waals surface area (Å²) in [5.74, 6) is 0.639. The van der Waals surface area contributed by atoms with Crippen molar-refractivity contribution in [1.29, 1.82) is 0 Å². The normalized spacial score (nSPS) is 13.7. The Morgan fingerprint density at radius 1 is 1.53 bits per heavy atom. The molecule has 19 heavy (non-hydrogen) atoms. The standard InChI is InChI=1S/C13H21N3O2S/c1-9(11(8-17)19-4)15-13(18)10-5-6-12(14-7-10)16(2)3/h5-7,9,11,17H,8H2,1-4H3,(H,15,18). The van der Waals surface area contributed by atoms with Crippen LogP contribution in [-0.2, 0) is 0 Å². The maximum absolute atomic E-state index is 12.0. The van der Waals surface area contributed by atoms with Crippen LogP contribution in [0.15, 0.2) is 18.3 Å². The first-order chi connectivity index (χ1) is 8.99. The fraction of sp³-hybridized carbons (Fsp3) is 0.538. The zero-order chi connectivity index (χ0) is 14.4. The van der Waals surface area contributed by atoms with Crippen LogP contribution in [0.4, 0.5) is 5.82 Å². The van der Waals surface area contributed by atoms with Gasteiger partial charge >= 0.3 is 0 Å². The van der Waals surface area contributed by atoms with Crippen molar-refractivity contribution in [3.05, 3.63) is 23.9 Å². The largest absolute Gasteiger partial charge is 0.395 e. The molecule has 1 aromatic heterocycles. The average molecular weight is 283 g/mol. The van der Waals surface area contributed by atoms with E-state index in [0.29, 0.717) is 5.56 Å². The van der Waals surface area contributed by atoms with Gasteiger partial charge in [-0.1, -0.05) is 0 Å². The van der Waals surface area contributed by atoms with Gasteiger partial charge in [0.2, 0.25) is 0 Å². The van der Waals surface area contributed by atoms with E-state index in [9.17, 15) is 9.90 Å². The molecular formula is C13H21N3O2S. The van der Waals surface area contributed by atoms with E-state index in [-0.39, 0.29) is 23.8 Å². The van der Waals surface area contributed by atoms with Crippen molar-refractivity contribution in [1.82, 2.24) is 10.3 Å². The summed E-state index contributed by atoms with van der Waals surface area (Å²) in [5.41, 5.74) is 0.523. The first-order valence-corrected chi connectivity index (χ1v) is 7.36. The zero-order valence-electron chi connectivity index (χ0n) is 11.8. The molecule has 2 atom stereocenters. The summed E-state index contributed by atoms with van der Waals surface area (Å²) in [6.07, 6.45) is 3.47. The molecule has 0 aliphatic heterocycles. The van der Waals surface area contributed by atoms with Crippen LogP contribution in [0.5, 0.6) is 0 Å². The summed E-state index contributed by atoms with van der Waals surface area (Å²) < 4.78 is 0. The fourth-order valence-electron chi connectivity index (χ4n) is 1.60. The number of hydrogen-bond donors (Lipinski definition) is 2. The second-order valence-electron chi connectivity index (χ2n) is 4.52. The van der Waals surface area contributed by atoms with Gasteiger partial charge in [-0.05, 0) is 25.3 Å². The lowest BCUT2D eigenvalue weighted by molar-refractivity contribution is 0.0935. The number of pyridine rings is 1. The molecule has 2 unspecified atom stereocenters. The number of carbonyl (C=O) groups is 1. The number of aliphatic hydroxyl groups is 1. The van der Waals surface area contributed by atoms with Gasteiger partial charge in [0.25, 0.3) is 5.91 Å². The van der Waals surface area contributed by atoms with Crippen LogP contribution in [-0.4, -0.2) is 54.2 Å². The number of amides is 1. The Labute approximate surface area is 118 Å². The first-order valence-electron chi connectivity index (χ1n) is 6.07. The van der Waals surface area contributed by atoms with Gasteiger partial charge in [0, 0.05) is 31.6 Å². The van der Waals surface area contributed by atoms with Crippen LogP contribution < -0.4 is 10.2 Å². The highest BCUT2D eigenvalue weighted by molar-refractivity contribution is 7.99. The molecule has 1 heterocycles. The summed E-state index contributed by atoms with van der Waals surface area (Å²) in [6, 6.07) is 3.45. The minimum atomic E-state index is -0.169. The Bertz CT molecular complexity index is 405. The zero-order valence-corrected chi connectivity index (χ0v) is 12.6. The summed E-state index contributed by atoms with van der Waals surface area (Å²) in [7, 11) is 3.79. The molecule has 0 aromatic carbocycles. The highest BCUT2D eigenvalue weighted by Gasteiger charge is 2.18. The quantitative estimate of drug-likeness (QED) is 0.815. The molecule has 106 valence electrons. The first kappa shape index (κ1) is 15.8. The highest BCUT2D eigenvalue weighted by atomic mass is 32.2. The number of nitrogens with one attached hydrogen (secondary N) is 1. The van der Waals surface area contributed by atoms with Crippen molar-refractivity contribution in [3.8, 4) is 0 Å². The van der Waals surface area contributed by atoms with Gasteiger partial charge in [0.05, 0.1) is 12.2 Å². The molecular weight excluding hydrogens is 262 g/mol. The second kappa shape index (κ2) is 7.35. The van der Waals surface area contributed by atoms with E-state index < -0.39 is 0 Å². The van der Waals surface area contributed by atoms with Crippen molar-refractivity contribution < 1.29 is 9.90 Å². The molecule has 6 heteroatoms. The number of hydrogen-bond acceptors (Lipinski definition) is 5. The lowest BCUT2D eigenvalue weighted by Gasteiger charge is -2.21. The summed E-state index contributed by atoms with van der Waals surface area (Å²) >= 11 is 1.53. The maximum Gasteiger partial charge on any atom is 0.253 e. The van der Waals surface area contributed by atoms with Gasteiger partial charge < -0.3 is 15.3 Å². The van der Waals surface area contributed by atoms with E-state index in [4.69, 9.17) is 0 Å². The number of thioether (sulfide) groups is 1. The van der Waals surface area contributed by atoms with Crippen LogP contribution in [0.1, 0.15) is 17.3 Å². The summed E-state index contributed by atoms with van der Waals surface area (Å²) in [4.78, 5) is 18.1. The van der Waals surface area contributed by atoms with Crippen LogP contribution in [0.2, 0.25) is 0 Å². The Morgan fingerprint density at radius 3 is 2.63 bits per heavy atom. The smallest absolute Gasteiger partial charge is 0.253 e. The van der Waals surface area contributed by atoms with Gasteiger partial charge in [-0.25, -0.2) is 4.98 Å². The molecule has 1 aromatic rings. The highest BCUT2D eigenvalue weighted by Crippen LogP contribution is 2.12. The monoisotopic (exact) mass is 283 g/mol. The Morgan fingerprint density at radius 2 is 2.21 bits per heavy atom. The molecule has 1 rings (SSSR count). The van der Waals surface area contributed by atoms with Gasteiger partial charge in [0.15, 0.2) is 0 Å². The van der Waals surface area contributed by atoms with Crippen LogP contribution in [0, 0.1) is 0 Å². The van der Waals surface area contributed by atoms with Crippen molar-refractivity contribution >= 4 is 23.5 Å². The van der Waals surface area contributed by atoms with Crippen LogP contribution in [0.3, 0.4) is 0 Å². The topological polar surface area (TPSA) is 65.5 Å². The predicted octanol–water partition coefficient (Wildman–Crippen LogP) is 0.990. The molecule has 0 spiro atoms. The molecule has 0 aliphatic carbocycles. The molecule has 0 fully saturated rings. The molecule has 0 aliphatic rings. The number of nitrogens with zero attached hydrogens (tertiary/aromatic N) is 2. The van der Waals surface area contributed by atoms with Gasteiger partial charge in [-0.2, -0.15) is 11.8 Å². The van der Waals surface area contributed by atoms with E-state index in [0.717, 1.165) is 5.82 Å². The number of aromatic nitrogens is 1. The summed E-state index contributed by atoms with van der Waals surface area (Å²) in [5, 5.41) is 12.1. The molecule has 0 saturated carbocycles. The Hall–Kier alpha value is -1.27. The number of rotatable bonds is 6. The lowest BCUT2D eigenvalue weighted by atomic mass is 10.2. The Kier molecular flexibility index (Phi) is 6.11. The molecule has 1 amide bonds. The van der Waals surface area contributed by atoms with Gasteiger partial charge in [-0.15, -0.1) is 0 Å². The SMILES string of the molecule is CSC(CO)C(C)NC(=O)c1ccc(N(C)C)nc1. The number of anilines is 1. The van der Waals surface area contributed by atoms with Crippen molar-refractivity contribution in [2.24, 2.45) is 0 Å².